The molecule has 1 fully saturated rings. The lowest BCUT2D eigenvalue weighted by Gasteiger charge is -2.26. The third kappa shape index (κ3) is 3.91. The second-order valence-electron chi connectivity index (χ2n) is 5.48. The highest BCUT2D eigenvalue weighted by Crippen LogP contribution is 2.35. The van der Waals surface area contributed by atoms with Crippen LogP contribution in [0.3, 0.4) is 0 Å². The lowest BCUT2D eigenvalue weighted by atomic mass is 10.0. The maximum absolute atomic E-state index is 13.0. The highest BCUT2D eigenvalue weighted by molar-refractivity contribution is 5.78. The average Bonchev–Trinajstić information content (AvgIpc) is 2.79. The Morgan fingerprint density at radius 3 is 2.86 bits per heavy atom. The number of ether oxygens (including phenoxy) is 1. The summed E-state index contributed by atoms with van der Waals surface area (Å²) in [6.07, 6.45) is -1.20. The zero-order valence-electron chi connectivity index (χ0n) is 12.1. The van der Waals surface area contributed by atoms with Crippen molar-refractivity contribution in [3.8, 4) is 5.75 Å². The van der Waals surface area contributed by atoms with Crippen LogP contribution in [0.1, 0.15) is 31.4 Å². The van der Waals surface area contributed by atoms with Gasteiger partial charge in [-0.05, 0) is 31.0 Å². The zero-order chi connectivity index (χ0) is 15.6. The number of methoxy groups -OCH3 is 1. The Morgan fingerprint density at radius 1 is 1.52 bits per heavy atom. The van der Waals surface area contributed by atoms with E-state index in [4.69, 9.17) is 4.74 Å². The van der Waals surface area contributed by atoms with E-state index in [1.165, 1.54) is 12.0 Å². The number of nitrogens with zero attached hydrogens (tertiary/aromatic N) is 1. The van der Waals surface area contributed by atoms with Crippen LogP contribution in [-0.4, -0.2) is 41.6 Å². The molecule has 4 nitrogen and oxygen atoms in total. The first-order valence-electron chi connectivity index (χ1n) is 6.79. The number of aliphatic hydroxyl groups excluding tert-OH is 1. The first-order chi connectivity index (χ1) is 9.80. The van der Waals surface area contributed by atoms with Crippen molar-refractivity contribution in [2.45, 2.75) is 37.8 Å². The summed E-state index contributed by atoms with van der Waals surface area (Å²) in [6.45, 7) is 0.800. The van der Waals surface area contributed by atoms with Gasteiger partial charge in [-0.2, -0.15) is 0 Å². The number of hydrogen-bond donors (Lipinski definition) is 1. The van der Waals surface area contributed by atoms with E-state index in [2.05, 4.69) is 0 Å². The third-order valence-electron chi connectivity index (χ3n) is 3.54. The number of carbonyl (C=O) groups is 1. The molecule has 2 atom stereocenters. The number of alkyl halides is 2. The Hall–Kier alpha value is -1.69. The van der Waals surface area contributed by atoms with Crippen molar-refractivity contribution in [2.75, 3.05) is 13.7 Å². The first-order valence-corrected chi connectivity index (χ1v) is 6.79. The third-order valence-corrected chi connectivity index (χ3v) is 3.54. The fourth-order valence-corrected chi connectivity index (χ4v) is 2.62. The van der Waals surface area contributed by atoms with Crippen LogP contribution < -0.4 is 4.74 Å². The number of amides is 1. The molecule has 1 aliphatic heterocycles. The van der Waals surface area contributed by atoms with Crippen LogP contribution in [0.4, 0.5) is 8.78 Å². The van der Waals surface area contributed by atoms with Gasteiger partial charge >= 0.3 is 0 Å². The molecule has 1 aliphatic rings. The minimum Gasteiger partial charge on any atom is -0.497 e. The molecule has 0 spiro atoms. The predicted octanol–water partition coefficient (Wildman–Crippen LogP) is 2.37. The number of hydrogen-bond acceptors (Lipinski definition) is 3. The van der Waals surface area contributed by atoms with E-state index in [0.717, 1.165) is 12.5 Å². The Bertz CT molecular complexity index is 516. The highest BCUT2D eigenvalue weighted by Gasteiger charge is 2.38. The Kier molecular flexibility index (Phi) is 4.46. The van der Waals surface area contributed by atoms with E-state index >= 15 is 0 Å². The van der Waals surface area contributed by atoms with Gasteiger partial charge in [0.25, 0.3) is 5.92 Å². The van der Waals surface area contributed by atoms with E-state index in [1.807, 2.05) is 0 Å². The van der Waals surface area contributed by atoms with E-state index in [1.54, 1.807) is 24.3 Å². The molecule has 0 radical (unpaired) electrons. The molecular weight excluding hydrogens is 280 g/mol. The minimum atomic E-state index is -3.05. The van der Waals surface area contributed by atoms with Gasteiger partial charge in [-0.1, -0.05) is 12.1 Å². The molecule has 1 aromatic carbocycles. The van der Waals surface area contributed by atoms with Crippen LogP contribution in [0.2, 0.25) is 0 Å². The van der Waals surface area contributed by atoms with Crippen LogP contribution in [-0.2, 0) is 4.79 Å². The summed E-state index contributed by atoms with van der Waals surface area (Å²) in [6, 6.07) is 6.70. The smallest absolute Gasteiger partial charge is 0.254 e. The van der Waals surface area contributed by atoms with Crippen molar-refractivity contribution in [2.24, 2.45) is 0 Å². The van der Waals surface area contributed by atoms with Crippen molar-refractivity contribution in [1.82, 2.24) is 4.90 Å². The molecule has 1 saturated heterocycles. The van der Waals surface area contributed by atoms with Gasteiger partial charge in [0.05, 0.1) is 25.7 Å². The molecule has 0 aliphatic carbocycles. The molecule has 0 unspecified atom stereocenters. The molecule has 0 bridgehead atoms. The van der Waals surface area contributed by atoms with Gasteiger partial charge in [0.1, 0.15) is 5.75 Å². The Morgan fingerprint density at radius 2 is 2.24 bits per heavy atom. The van der Waals surface area contributed by atoms with Gasteiger partial charge in [-0.15, -0.1) is 0 Å². The molecule has 1 aromatic rings. The monoisotopic (exact) mass is 299 g/mol. The lowest BCUT2D eigenvalue weighted by Crippen LogP contribution is -2.35. The molecule has 21 heavy (non-hydrogen) atoms. The van der Waals surface area contributed by atoms with Crippen molar-refractivity contribution < 1.29 is 23.4 Å². The summed E-state index contributed by atoms with van der Waals surface area (Å²) in [5, 5.41) is 9.79. The Balaban J connectivity index is 2.21. The van der Waals surface area contributed by atoms with Crippen LogP contribution in [0, 0.1) is 0 Å². The SMILES string of the molecule is COc1cccc([C@H]2C[C@@H](O)CN2C(=O)CC(C)(F)F)c1. The molecule has 1 N–H and O–H groups in total. The van der Waals surface area contributed by atoms with E-state index in [9.17, 15) is 18.7 Å². The molecule has 2 rings (SSSR count). The second-order valence-corrected chi connectivity index (χ2v) is 5.48. The number of β-amino-alcohol motifs (C(OH)–C–C–N with tert-alkyl or cyclic N) is 1. The molecule has 1 amide bonds. The number of likely N-dealkylation sites (tertiary alicyclic amines) is 1. The van der Waals surface area contributed by atoms with Crippen molar-refractivity contribution >= 4 is 5.91 Å². The van der Waals surface area contributed by atoms with Gasteiger partial charge in [0.15, 0.2) is 0 Å². The number of halogens is 2. The van der Waals surface area contributed by atoms with Crippen molar-refractivity contribution in [3.05, 3.63) is 29.8 Å². The zero-order valence-corrected chi connectivity index (χ0v) is 12.1. The normalized spacial score (nSPS) is 22.4. The van der Waals surface area contributed by atoms with Crippen LogP contribution in [0.25, 0.3) is 0 Å². The molecule has 0 saturated carbocycles. The Labute approximate surface area is 122 Å². The summed E-state index contributed by atoms with van der Waals surface area (Å²) in [4.78, 5) is 13.4. The van der Waals surface area contributed by atoms with Gasteiger partial charge in [0.2, 0.25) is 5.91 Å². The standard InChI is InChI=1S/C15H19F2NO3/c1-15(16,17)8-14(20)18-9-11(19)7-13(18)10-4-3-5-12(6-10)21-2/h3-6,11,13,19H,7-9H2,1-2H3/t11-,13-/m1/s1. The number of carbonyl (C=O) groups excluding carboxylic acids is 1. The van der Waals surface area contributed by atoms with Gasteiger partial charge in [-0.25, -0.2) is 8.78 Å². The fraction of sp³-hybridized carbons (Fsp3) is 0.533. The maximum Gasteiger partial charge on any atom is 0.254 e. The van der Waals surface area contributed by atoms with Crippen molar-refractivity contribution in [3.63, 3.8) is 0 Å². The molecule has 6 heteroatoms. The summed E-state index contributed by atoms with van der Waals surface area (Å²) in [7, 11) is 1.53. The summed E-state index contributed by atoms with van der Waals surface area (Å²) < 4.78 is 31.2. The van der Waals surface area contributed by atoms with Crippen molar-refractivity contribution in [1.29, 1.82) is 0 Å². The van der Waals surface area contributed by atoms with Gasteiger partial charge in [-0.3, -0.25) is 4.79 Å². The summed E-state index contributed by atoms with van der Waals surface area (Å²) >= 11 is 0. The van der Waals surface area contributed by atoms with E-state index in [-0.39, 0.29) is 6.54 Å². The molecule has 1 heterocycles. The molecular formula is C15H19F2NO3. The summed E-state index contributed by atoms with van der Waals surface area (Å²) in [5.74, 6) is -3.07. The molecule has 116 valence electrons. The fourth-order valence-electron chi connectivity index (χ4n) is 2.62. The quantitative estimate of drug-likeness (QED) is 0.928. The van der Waals surface area contributed by atoms with E-state index < -0.39 is 30.4 Å². The van der Waals surface area contributed by atoms with Crippen LogP contribution >= 0.6 is 0 Å². The first kappa shape index (κ1) is 15.7. The van der Waals surface area contributed by atoms with E-state index in [0.29, 0.717) is 12.2 Å². The topological polar surface area (TPSA) is 49.8 Å². The van der Waals surface area contributed by atoms with Gasteiger partial charge in [0, 0.05) is 6.54 Å². The largest absolute Gasteiger partial charge is 0.497 e. The predicted molar refractivity (Wildman–Crippen MR) is 73.3 cm³/mol. The van der Waals surface area contributed by atoms with Crippen LogP contribution in [0.15, 0.2) is 24.3 Å². The average molecular weight is 299 g/mol. The lowest BCUT2D eigenvalue weighted by molar-refractivity contribution is -0.139. The number of aliphatic hydroxyl groups is 1. The minimum absolute atomic E-state index is 0.0801. The highest BCUT2D eigenvalue weighted by atomic mass is 19.3. The maximum atomic E-state index is 13.0. The van der Waals surface area contributed by atoms with Crippen LogP contribution in [0.5, 0.6) is 5.75 Å². The number of benzene rings is 1. The summed E-state index contributed by atoms with van der Waals surface area (Å²) in [5.41, 5.74) is 0.777. The van der Waals surface area contributed by atoms with Gasteiger partial charge < -0.3 is 14.7 Å². The second kappa shape index (κ2) is 5.97. The number of rotatable bonds is 4. The molecule has 0 aromatic heterocycles.